The van der Waals surface area contributed by atoms with Gasteiger partial charge in [0.2, 0.25) is 11.8 Å². The third-order valence-corrected chi connectivity index (χ3v) is 5.32. The maximum Gasteiger partial charge on any atom is 0.249 e. The second-order valence-corrected chi connectivity index (χ2v) is 6.93. The molecule has 1 aliphatic heterocycles. The SMILES string of the molecule is COCC1(C(=O)N[C@@H]2CCCN(c3cccc(OC)c3)C2=O)CCC1. The topological polar surface area (TPSA) is 67.9 Å². The zero-order chi connectivity index (χ0) is 17.9. The normalized spacial score (nSPS) is 22.2. The minimum absolute atomic E-state index is 0.0496. The molecule has 1 N–H and O–H groups in total. The van der Waals surface area contributed by atoms with Crippen LogP contribution >= 0.6 is 0 Å². The third-order valence-electron chi connectivity index (χ3n) is 5.32. The van der Waals surface area contributed by atoms with Crippen molar-refractivity contribution in [3.05, 3.63) is 24.3 Å². The van der Waals surface area contributed by atoms with Crippen molar-refractivity contribution in [3.8, 4) is 5.75 Å². The molecule has 6 nitrogen and oxygen atoms in total. The molecule has 0 radical (unpaired) electrons. The number of hydrogen-bond donors (Lipinski definition) is 1. The molecular weight excluding hydrogens is 320 g/mol. The predicted molar refractivity (Wildman–Crippen MR) is 94.7 cm³/mol. The molecule has 1 heterocycles. The molecule has 0 unspecified atom stereocenters. The Morgan fingerprint density at radius 2 is 2.12 bits per heavy atom. The average Bonchev–Trinajstić information content (AvgIpc) is 2.59. The second-order valence-electron chi connectivity index (χ2n) is 6.93. The molecule has 3 rings (SSSR count). The molecule has 2 aliphatic rings. The van der Waals surface area contributed by atoms with Gasteiger partial charge in [-0.3, -0.25) is 9.59 Å². The Kier molecular flexibility index (Phi) is 5.27. The number of piperidine rings is 1. The summed E-state index contributed by atoms with van der Waals surface area (Å²) in [5.74, 6) is 0.608. The quantitative estimate of drug-likeness (QED) is 0.857. The van der Waals surface area contributed by atoms with Gasteiger partial charge in [0.15, 0.2) is 0 Å². The van der Waals surface area contributed by atoms with Crippen LogP contribution in [0.2, 0.25) is 0 Å². The summed E-state index contributed by atoms with van der Waals surface area (Å²) < 4.78 is 10.5. The monoisotopic (exact) mass is 346 g/mol. The Bertz CT molecular complexity index is 642. The van der Waals surface area contributed by atoms with E-state index < -0.39 is 11.5 Å². The summed E-state index contributed by atoms with van der Waals surface area (Å²) in [4.78, 5) is 27.3. The molecular formula is C19H26N2O4. The first-order valence-corrected chi connectivity index (χ1v) is 8.85. The Labute approximate surface area is 148 Å². The molecule has 25 heavy (non-hydrogen) atoms. The standard InChI is InChI=1S/C19H26N2O4/c1-24-13-19(9-5-10-19)18(23)20-16-8-4-11-21(17(16)22)14-6-3-7-15(12-14)25-2/h3,6-7,12,16H,4-5,8-11,13H2,1-2H3,(H,20,23)/t16-/m1/s1. The minimum atomic E-state index is -0.471. The Hall–Kier alpha value is -2.08. The molecule has 0 bridgehead atoms. The van der Waals surface area contributed by atoms with Crippen molar-refractivity contribution in [1.29, 1.82) is 0 Å². The Morgan fingerprint density at radius 3 is 2.76 bits per heavy atom. The average molecular weight is 346 g/mol. The van der Waals surface area contributed by atoms with Gasteiger partial charge in [-0.2, -0.15) is 0 Å². The zero-order valence-corrected chi connectivity index (χ0v) is 14.9. The molecule has 1 saturated heterocycles. The fourth-order valence-corrected chi connectivity index (χ4v) is 3.67. The summed E-state index contributed by atoms with van der Waals surface area (Å²) in [7, 11) is 3.22. The van der Waals surface area contributed by atoms with Gasteiger partial charge in [0.1, 0.15) is 11.8 Å². The molecule has 2 amide bonds. The molecule has 0 spiro atoms. The summed E-state index contributed by atoms with van der Waals surface area (Å²) in [6, 6.07) is 6.99. The molecule has 6 heteroatoms. The van der Waals surface area contributed by atoms with Crippen LogP contribution < -0.4 is 15.0 Å². The van der Waals surface area contributed by atoms with Crippen molar-refractivity contribution in [2.24, 2.45) is 5.41 Å². The van der Waals surface area contributed by atoms with Crippen molar-refractivity contribution in [1.82, 2.24) is 5.32 Å². The van der Waals surface area contributed by atoms with Gasteiger partial charge in [0.05, 0.1) is 19.1 Å². The van der Waals surface area contributed by atoms with E-state index in [4.69, 9.17) is 9.47 Å². The van der Waals surface area contributed by atoms with Crippen LogP contribution in [0.4, 0.5) is 5.69 Å². The van der Waals surface area contributed by atoms with Gasteiger partial charge in [0.25, 0.3) is 0 Å². The molecule has 1 saturated carbocycles. The number of methoxy groups -OCH3 is 2. The highest BCUT2D eigenvalue weighted by atomic mass is 16.5. The van der Waals surface area contributed by atoms with Crippen molar-refractivity contribution in [3.63, 3.8) is 0 Å². The van der Waals surface area contributed by atoms with Crippen molar-refractivity contribution < 1.29 is 19.1 Å². The highest BCUT2D eigenvalue weighted by Crippen LogP contribution is 2.41. The van der Waals surface area contributed by atoms with Crippen molar-refractivity contribution in [2.45, 2.75) is 38.1 Å². The van der Waals surface area contributed by atoms with Crippen LogP contribution in [-0.4, -0.2) is 45.2 Å². The lowest BCUT2D eigenvalue weighted by molar-refractivity contribution is -0.143. The van der Waals surface area contributed by atoms with Crippen LogP contribution in [-0.2, 0) is 14.3 Å². The number of benzene rings is 1. The number of carbonyl (C=O) groups is 2. The highest BCUT2D eigenvalue weighted by molar-refractivity contribution is 6.00. The smallest absolute Gasteiger partial charge is 0.249 e. The van der Waals surface area contributed by atoms with Gasteiger partial charge in [-0.1, -0.05) is 12.5 Å². The van der Waals surface area contributed by atoms with E-state index in [1.54, 1.807) is 19.1 Å². The molecule has 0 aromatic heterocycles. The van der Waals surface area contributed by atoms with E-state index in [2.05, 4.69) is 5.32 Å². The predicted octanol–water partition coefficient (Wildman–Crippen LogP) is 2.12. The summed E-state index contributed by atoms with van der Waals surface area (Å²) in [5, 5.41) is 2.98. The Morgan fingerprint density at radius 1 is 1.32 bits per heavy atom. The summed E-state index contributed by atoms with van der Waals surface area (Å²) in [6.07, 6.45) is 4.21. The minimum Gasteiger partial charge on any atom is -0.497 e. The molecule has 1 atom stereocenters. The number of hydrogen-bond acceptors (Lipinski definition) is 4. The number of nitrogens with one attached hydrogen (secondary N) is 1. The van der Waals surface area contributed by atoms with Crippen LogP contribution in [0.3, 0.4) is 0 Å². The number of rotatable bonds is 6. The Balaban J connectivity index is 1.70. The lowest BCUT2D eigenvalue weighted by Crippen LogP contribution is -2.57. The third kappa shape index (κ3) is 3.49. The maximum absolute atomic E-state index is 12.9. The van der Waals surface area contributed by atoms with E-state index in [0.29, 0.717) is 25.3 Å². The molecule has 1 aliphatic carbocycles. The first-order valence-electron chi connectivity index (χ1n) is 8.85. The fourth-order valence-electron chi connectivity index (χ4n) is 3.67. The number of ether oxygens (including phenoxy) is 2. The van der Waals surface area contributed by atoms with Crippen LogP contribution in [0.25, 0.3) is 0 Å². The molecule has 136 valence electrons. The first kappa shape index (κ1) is 17.7. The zero-order valence-electron chi connectivity index (χ0n) is 14.9. The van der Waals surface area contributed by atoms with E-state index in [-0.39, 0.29) is 11.8 Å². The van der Waals surface area contributed by atoms with Crippen LogP contribution in [0, 0.1) is 5.41 Å². The van der Waals surface area contributed by atoms with E-state index >= 15 is 0 Å². The maximum atomic E-state index is 12.9. The highest BCUT2D eigenvalue weighted by Gasteiger charge is 2.45. The lowest BCUT2D eigenvalue weighted by atomic mass is 9.68. The van der Waals surface area contributed by atoms with Gasteiger partial charge in [0, 0.05) is 25.4 Å². The van der Waals surface area contributed by atoms with Gasteiger partial charge in [-0.15, -0.1) is 0 Å². The second kappa shape index (κ2) is 7.44. The summed E-state index contributed by atoms with van der Waals surface area (Å²) in [5.41, 5.74) is 0.353. The molecule has 1 aromatic carbocycles. The number of nitrogens with zero attached hydrogens (tertiary/aromatic N) is 1. The van der Waals surface area contributed by atoms with Crippen LogP contribution in [0.5, 0.6) is 5.75 Å². The van der Waals surface area contributed by atoms with E-state index in [1.807, 2.05) is 24.3 Å². The first-order chi connectivity index (χ1) is 12.1. The largest absolute Gasteiger partial charge is 0.497 e. The molecule has 1 aromatic rings. The molecule has 2 fully saturated rings. The fraction of sp³-hybridized carbons (Fsp3) is 0.579. The van der Waals surface area contributed by atoms with Crippen molar-refractivity contribution in [2.75, 3.05) is 32.3 Å². The summed E-state index contributed by atoms with van der Waals surface area (Å²) in [6.45, 7) is 1.07. The lowest BCUT2D eigenvalue weighted by Gasteiger charge is -2.41. The van der Waals surface area contributed by atoms with Crippen LogP contribution in [0.1, 0.15) is 32.1 Å². The number of carbonyl (C=O) groups excluding carboxylic acids is 2. The van der Waals surface area contributed by atoms with E-state index in [0.717, 1.165) is 31.4 Å². The van der Waals surface area contributed by atoms with Crippen LogP contribution in [0.15, 0.2) is 24.3 Å². The van der Waals surface area contributed by atoms with E-state index in [9.17, 15) is 9.59 Å². The van der Waals surface area contributed by atoms with Gasteiger partial charge >= 0.3 is 0 Å². The number of amides is 2. The number of anilines is 1. The van der Waals surface area contributed by atoms with Crippen molar-refractivity contribution >= 4 is 17.5 Å². The van der Waals surface area contributed by atoms with E-state index in [1.165, 1.54) is 0 Å². The summed E-state index contributed by atoms with van der Waals surface area (Å²) >= 11 is 0. The van der Waals surface area contributed by atoms with Gasteiger partial charge in [-0.05, 0) is 37.8 Å². The van der Waals surface area contributed by atoms with Gasteiger partial charge in [-0.25, -0.2) is 0 Å². The van der Waals surface area contributed by atoms with Gasteiger partial charge < -0.3 is 19.7 Å².